The molecule has 1 aliphatic rings. The van der Waals surface area contributed by atoms with Crippen molar-refractivity contribution in [1.82, 2.24) is 9.47 Å². The SMILES string of the molecule is COCC[C@]1(O)CCN(C(=O)Cn2ccccc2=O)C[C@H]1C. The largest absolute Gasteiger partial charge is 0.389 e. The topological polar surface area (TPSA) is 71.8 Å². The number of hydrogen-bond donors (Lipinski definition) is 1. The summed E-state index contributed by atoms with van der Waals surface area (Å²) in [7, 11) is 1.62. The average molecular weight is 308 g/mol. The lowest BCUT2D eigenvalue weighted by molar-refractivity contribution is -0.141. The van der Waals surface area contributed by atoms with Crippen LogP contribution >= 0.6 is 0 Å². The first-order valence-corrected chi connectivity index (χ1v) is 7.61. The molecule has 0 unspecified atom stereocenters. The minimum Gasteiger partial charge on any atom is -0.389 e. The molecule has 2 atom stereocenters. The smallest absolute Gasteiger partial charge is 0.250 e. The first kappa shape index (κ1) is 16.7. The van der Waals surface area contributed by atoms with Crippen LogP contribution in [-0.2, 0) is 16.1 Å². The molecule has 0 aliphatic carbocycles. The van der Waals surface area contributed by atoms with Crippen molar-refractivity contribution in [3.05, 3.63) is 34.7 Å². The minimum atomic E-state index is -0.781. The number of nitrogens with zero attached hydrogens (tertiary/aromatic N) is 2. The zero-order valence-electron chi connectivity index (χ0n) is 13.2. The molecule has 0 saturated carbocycles. The van der Waals surface area contributed by atoms with E-state index in [0.717, 1.165) is 0 Å². The Hall–Kier alpha value is -1.66. The molecule has 6 heteroatoms. The van der Waals surface area contributed by atoms with Crippen molar-refractivity contribution in [2.24, 2.45) is 5.92 Å². The van der Waals surface area contributed by atoms with Crippen LogP contribution in [0.15, 0.2) is 29.2 Å². The lowest BCUT2D eigenvalue weighted by Crippen LogP contribution is -2.53. The third-order valence-corrected chi connectivity index (χ3v) is 4.52. The maximum absolute atomic E-state index is 12.4. The summed E-state index contributed by atoms with van der Waals surface area (Å²) < 4.78 is 6.45. The van der Waals surface area contributed by atoms with Crippen LogP contribution in [0.3, 0.4) is 0 Å². The first-order valence-electron chi connectivity index (χ1n) is 7.61. The van der Waals surface area contributed by atoms with Crippen LogP contribution in [0.4, 0.5) is 0 Å². The fraction of sp³-hybridized carbons (Fsp3) is 0.625. The maximum atomic E-state index is 12.4. The van der Waals surface area contributed by atoms with E-state index in [0.29, 0.717) is 32.5 Å². The van der Waals surface area contributed by atoms with Gasteiger partial charge in [-0.15, -0.1) is 0 Å². The Labute approximate surface area is 130 Å². The van der Waals surface area contributed by atoms with Crippen LogP contribution in [0.5, 0.6) is 0 Å². The van der Waals surface area contributed by atoms with Crippen molar-refractivity contribution in [1.29, 1.82) is 0 Å². The van der Waals surface area contributed by atoms with Gasteiger partial charge in [-0.3, -0.25) is 9.59 Å². The Balaban J connectivity index is 1.97. The molecule has 1 N–H and O–H groups in total. The van der Waals surface area contributed by atoms with E-state index in [4.69, 9.17) is 4.74 Å². The highest BCUT2D eigenvalue weighted by atomic mass is 16.5. The number of hydrogen-bond acceptors (Lipinski definition) is 4. The zero-order valence-corrected chi connectivity index (χ0v) is 13.2. The van der Waals surface area contributed by atoms with Crippen molar-refractivity contribution >= 4 is 5.91 Å². The number of pyridine rings is 1. The fourth-order valence-electron chi connectivity index (χ4n) is 2.88. The molecule has 0 radical (unpaired) electrons. The maximum Gasteiger partial charge on any atom is 0.250 e. The second kappa shape index (κ2) is 7.07. The summed E-state index contributed by atoms with van der Waals surface area (Å²) in [6, 6.07) is 4.83. The van der Waals surface area contributed by atoms with E-state index in [2.05, 4.69) is 0 Å². The molecule has 1 aromatic heterocycles. The van der Waals surface area contributed by atoms with Gasteiger partial charge in [-0.05, 0) is 18.9 Å². The second-order valence-electron chi connectivity index (χ2n) is 6.00. The van der Waals surface area contributed by atoms with E-state index < -0.39 is 5.60 Å². The van der Waals surface area contributed by atoms with Gasteiger partial charge in [0, 0.05) is 45.0 Å². The number of carbonyl (C=O) groups excluding carboxylic acids is 1. The summed E-state index contributed by atoms with van der Waals surface area (Å²) in [5, 5.41) is 10.6. The Morgan fingerprint density at radius 3 is 2.91 bits per heavy atom. The molecule has 1 aliphatic heterocycles. The van der Waals surface area contributed by atoms with Gasteiger partial charge in [0.1, 0.15) is 6.54 Å². The van der Waals surface area contributed by atoms with Gasteiger partial charge >= 0.3 is 0 Å². The van der Waals surface area contributed by atoms with Gasteiger partial charge in [-0.2, -0.15) is 0 Å². The number of ether oxygens (including phenoxy) is 1. The number of aliphatic hydroxyl groups is 1. The molecule has 0 spiro atoms. The monoisotopic (exact) mass is 308 g/mol. The third-order valence-electron chi connectivity index (χ3n) is 4.52. The van der Waals surface area contributed by atoms with E-state index in [1.807, 2.05) is 6.92 Å². The number of methoxy groups -OCH3 is 1. The van der Waals surface area contributed by atoms with Gasteiger partial charge in [0.25, 0.3) is 5.56 Å². The van der Waals surface area contributed by atoms with Crippen LogP contribution in [0.25, 0.3) is 0 Å². The highest BCUT2D eigenvalue weighted by molar-refractivity contribution is 5.76. The molecule has 122 valence electrons. The molecule has 6 nitrogen and oxygen atoms in total. The van der Waals surface area contributed by atoms with Crippen molar-refractivity contribution in [2.45, 2.75) is 31.9 Å². The molecule has 22 heavy (non-hydrogen) atoms. The van der Waals surface area contributed by atoms with Crippen LogP contribution in [-0.4, -0.2) is 52.9 Å². The Bertz CT molecular complexity index is 571. The number of piperidine rings is 1. The molecule has 2 rings (SSSR count). The van der Waals surface area contributed by atoms with Gasteiger partial charge in [-0.1, -0.05) is 13.0 Å². The zero-order chi connectivity index (χ0) is 16.2. The number of rotatable bonds is 5. The molecular formula is C16H24N2O4. The van der Waals surface area contributed by atoms with Crippen LogP contribution in [0, 0.1) is 5.92 Å². The predicted octanol–water partition coefficient (Wildman–Crippen LogP) is 0.484. The molecule has 1 saturated heterocycles. The second-order valence-corrected chi connectivity index (χ2v) is 6.00. The molecule has 1 amide bonds. The number of carbonyl (C=O) groups is 1. The summed E-state index contributed by atoms with van der Waals surface area (Å²) in [6.45, 7) is 3.51. The van der Waals surface area contributed by atoms with Crippen molar-refractivity contribution in [2.75, 3.05) is 26.8 Å². The normalized spacial score (nSPS) is 25.2. The van der Waals surface area contributed by atoms with Gasteiger partial charge in [0.05, 0.1) is 5.60 Å². The third kappa shape index (κ3) is 3.75. The molecule has 0 bridgehead atoms. The number of likely N-dealkylation sites (tertiary alicyclic amines) is 1. The standard InChI is InChI=1S/C16H24N2O4/c1-13-11-18(9-6-16(13,21)7-10-22-2)15(20)12-17-8-4-3-5-14(17)19/h3-5,8,13,21H,6-7,9-12H2,1-2H3/t13-,16-/m1/s1. The van der Waals surface area contributed by atoms with E-state index >= 15 is 0 Å². The minimum absolute atomic E-state index is 0.0205. The quantitative estimate of drug-likeness (QED) is 0.859. The van der Waals surface area contributed by atoms with Gasteiger partial charge in [0.15, 0.2) is 0 Å². The van der Waals surface area contributed by atoms with E-state index in [1.54, 1.807) is 30.3 Å². The van der Waals surface area contributed by atoms with Crippen molar-refractivity contribution < 1.29 is 14.6 Å². The summed E-state index contributed by atoms with van der Waals surface area (Å²) in [5.74, 6) is -0.109. The molecule has 0 aromatic carbocycles. The molecule has 1 aromatic rings. The van der Waals surface area contributed by atoms with E-state index in [9.17, 15) is 14.7 Å². The van der Waals surface area contributed by atoms with Gasteiger partial charge in [-0.25, -0.2) is 0 Å². The summed E-state index contributed by atoms with van der Waals surface area (Å²) >= 11 is 0. The van der Waals surface area contributed by atoms with E-state index in [1.165, 1.54) is 10.6 Å². The lowest BCUT2D eigenvalue weighted by Gasteiger charge is -2.43. The summed E-state index contributed by atoms with van der Waals surface area (Å²) in [4.78, 5) is 25.7. The Morgan fingerprint density at radius 2 is 2.27 bits per heavy atom. The van der Waals surface area contributed by atoms with Crippen LogP contribution < -0.4 is 5.56 Å². The van der Waals surface area contributed by atoms with Crippen molar-refractivity contribution in [3.8, 4) is 0 Å². The Kier molecular flexibility index (Phi) is 5.37. The number of amides is 1. The average Bonchev–Trinajstić information content (AvgIpc) is 2.50. The summed E-state index contributed by atoms with van der Waals surface area (Å²) in [6.07, 6.45) is 2.72. The van der Waals surface area contributed by atoms with Gasteiger partial charge in [0.2, 0.25) is 5.91 Å². The van der Waals surface area contributed by atoms with Gasteiger partial charge < -0.3 is 19.3 Å². The first-order chi connectivity index (χ1) is 10.5. The lowest BCUT2D eigenvalue weighted by atomic mass is 9.80. The van der Waals surface area contributed by atoms with Crippen LogP contribution in [0.1, 0.15) is 19.8 Å². The highest BCUT2D eigenvalue weighted by Gasteiger charge is 2.39. The molecule has 1 fully saturated rings. The highest BCUT2D eigenvalue weighted by Crippen LogP contribution is 2.31. The predicted molar refractivity (Wildman–Crippen MR) is 82.5 cm³/mol. The number of aromatic nitrogens is 1. The Morgan fingerprint density at radius 1 is 1.50 bits per heavy atom. The molecular weight excluding hydrogens is 284 g/mol. The summed E-state index contributed by atoms with van der Waals surface area (Å²) in [5.41, 5.74) is -0.964. The van der Waals surface area contributed by atoms with Crippen LogP contribution in [0.2, 0.25) is 0 Å². The van der Waals surface area contributed by atoms with Crippen molar-refractivity contribution in [3.63, 3.8) is 0 Å². The molecule has 2 heterocycles. The fourth-order valence-corrected chi connectivity index (χ4v) is 2.88. The van der Waals surface area contributed by atoms with E-state index in [-0.39, 0.29) is 23.9 Å².